The molecule has 0 aromatic heterocycles. The maximum atomic E-state index is 9.50. The molecule has 0 aliphatic carbocycles. The first-order valence-corrected chi connectivity index (χ1v) is 5.04. The molecule has 2 fully saturated rings. The summed E-state index contributed by atoms with van der Waals surface area (Å²) in [6.07, 6.45) is 0.652. The quantitative estimate of drug-likeness (QED) is 0.751. The predicted molar refractivity (Wildman–Crippen MR) is 51.3 cm³/mol. The number of fused-ring (bicyclic) bond motifs is 1. The molecule has 0 saturated carbocycles. The number of phenols is 1. The molecule has 0 spiro atoms. The third-order valence-corrected chi connectivity index (χ3v) is 2.66. The van der Waals surface area contributed by atoms with Crippen molar-refractivity contribution in [3.8, 4) is 5.75 Å². The Labute approximate surface area is 87.4 Å². The van der Waals surface area contributed by atoms with Gasteiger partial charge in [0, 0.05) is 0 Å². The zero-order chi connectivity index (χ0) is 10.3. The van der Waals surface area contributed by atoms with E-state index < -0.39 is 0 Å². The molecule has 3 unspecified atom stereocenters. The van der Waals surface area contributed by atoms with Gasteiger partial charge in [-0.15, -0.1) is 0 Å². The van der Waals surface area contributed by atoms with Crippen molar-refractivity contribution in [3.05, 3.63) is 29.8 Å². The van der Waals surface area contributed by atoms with Gasteiger partial charge >= 0.3 is 0 Å². The van der Waals surface area contributed by atoms with Crippen LogP contribution in [0.25, 0.3) is 0 Å². The highest BCUT2D eigenvalue weighted by atomic mass is 16.9. The molecule has 2 heterocycles. The maximum Gasteiger partial charge on any atom is 0.192 e. The summed E-state index contributed by atoms with van der Waals surface area (Å²) in [7, 11) is 0. The van der Waals surface area contributed by atoms with Crippen molar-refractivity contribution >= 4 is 0 Å². The minimum absolute atomic E-state index is 0.000119. The zero-order valence-electron chi connectivity index (χ0n) is 8.13. The van der Waals surface area contributed by atoms with Crippen LogP contribution in [0.2, 0.25) is 0 Å². The third kappa shape index (κ3) is 1.71. The van der Waals surface area contributed by atoms with Crippen LogP contribution in [-0.2, 0) is 20.6 Å². The Morgan fingerprint density at radius 1 is 1.27 bits per heavy atom. The highest BCUT2D eigenvalue weighted by Crippen LogP contribution is 2.40. The molecular formula is C11H12O4. The third-order valence-electron chi connectivity index (χ3n) is 2.66. The van der Waals surface area contributed by atoms with E-state index >= 15 is 0 Å². The van der Waals surface area contributed by atoms with E-state index in [1.54, 1.807) is 12.1 Å². The SMILES string of the molecule is Oc1ccccc1CCOC1OC2OC12. The second kappa shape index (κ2) is 3.48. The van der Waals surface area contributed by atoms with Gasteiger partial charge in [0.15, 0.2) is 18.7 Å². The number of aromatic hydroxyl groups is 1. The molecule has 4 nitrogen and oxygen atoms in total. The molecule has 2 saturated heterocycles. The lowest BCUT2D eigenvalue weighted by Gasteiger charge is -2.21. The molecule has 3 atom stereocenters. The lowest BCUT2D eigenvalue weighted by atomic mass is 10.1. The van der Waals surface area contributed by atoms with Gasteiger partial charge in [-0.2, -0.15) is 0 Å². The summed E-state index contributed by atoms with van der Waals surface area (Å²) >= 11 is 0. The number of hydrogen-bond acceptors (Lipinski definition) is 4. The summed E-state index contributed by atoms with van der Waals surface area (Å²) in [5.41, 5.74) is 0.894. The summed E-state index contributed by atoms with van der Waals surface area (Å²) in [5.74, 6) is 0.316. The fourth-order valence-corrected chi connectivity index (χ4v) is 1.67. The summed E-state index contributed by atoms with van der Waals surface area (Å²) in [5, 5.41) is 9.50. The van der Waals surface area contributed by atoms with Crippen LogP contribution in [0.3, 0.4) is 0 Å². The second-order valence-corrected chi connectivity index (χ2v) is 3.72. The topological polar surface area (TPSA) is 51.2 Å². The number of para-hydroxylation sites is 1. The molecule has 80 valence electrons. The Balaban J connectivity index is 1.47. The first-order chi connectivity index (χ1) is 7.34. The Kier molecular flexibility index (Phi) is 2.12. The molecule has 1 N–H and O–H groups in total. The molecule has 0 radical (unpaired) electrons. The minimum atomic E-state index is -0.194. The fraction of sp³-hybridized carbons (Fsp3) is 0.455. The van der Waals surface area contributed by atoms with Crippen molar-refractivity contribution in [1.82, 2.24) is 0 Å². The van der Waals surface area contributed by atoms with Crippen LogP contribution in [0.4, 0.5) is 0 Å². The Bertz CT molecular complexity index is 365. The van der Waals surface area contributed by atoms with Crippen LogP contribution in [0.15, 0.2) is 24.3 Å². The van der Waals surface area contributed by atoms with E-state index in [-0.39, 0.29) is 18.7 Å². The highest BCUT2D eigenvalue weighted by molar-refractivity contribution is 5.31. The van der Waals surface area contributed by atoms with Gasteiger partial charge in [0.25, 0.3) is 0 Å². The van der Waals surface area contributed by atoms with E-state index in [9.17, 15) is 5.11 Å². The first-order valence-electron chi connectivity index (χ1n) is 5.04. The Hall–Kier alpha value is -1.10. The highest BCUT2D eigenvalue weighted by Gasteiger charge is 2.59. The monoisotopic (exact) mass is 208 g/mol. The van der Waals surface area contributed by atoms with E-state index in [0.29, 0.717) is 18.8 Å². The molecule has 15 heavy (non-hydrogen) atoms. The minimum Gasteiger partial charge on any atom is -0.508 e. The molecule has 1 aromatic carbocycles. The van der Waals surface area contributed by atoms with Gasteiger partial charge in [0.1, 0.15) is 5.75 Å². The van der Waals surface area contributed by atoms with Crippen LogP contribution in [0, 0.1) is 0 Å². The maximum absolute atomic E-state index is 9.50. The second-order valence-electron chi connectivity index (χ2n) is 3.72. The van der Waals surface area contributed by atoms with Crippen LogP contribution in [0.5, 0.6) is 5.75 Å². The summed E-state index contributed by atoms with van der Waals surface area (Å²) < 4.78 is 15.7. The van der Waals surface area contributed by atoms with E-state index in [0.717, 1.165) is 5.56 Å². The van der Waals surface area contributed by atoms with Crippen LogP contribution in [0.1, 0.15) is 5.56 Å². The fourth-order valence-electron chi connectivity index (χ4n) is 1.67. The molecule has 1 aromatic rings. The smallest absolute Gasteiger partial charge is 0.192 e. The van der Waals surface area contributed by atoms with E-state index in [4.69, 9.17) is 14.2 Å². The van der Waals surface area contributed by atoms with Crippen molar-refractivity contribution in [2.45, 2.75) is 25.1 Å². The van der Waals surface area contributed by atoms with Gasteiger partial charge < -0.3 is 19.3 Å². The van der Waals surface area contributed by atoms with E-state index in [1.807, 2.05) is 12.1 Å². The summed E-state index contributed by atoms with van der Waals surface area (Å²) in [6.45, 7) is 0.537. The number of epoxide rings is 1. The molecule has 2 aliphatic heterocycles. The van der Waals surface area contributed by atoms with Gasteiger partial charge in [-0.05, 0) is 18.1 Å². The molecule has 0 bridgehead atoms. The molecule has 0 amide bonds. The number of phenolic OH excluding ortho intramolecular Hbond substituents is 1. The van der Waals surface area contributed by atoms with Crippen molar-refractivity contribution in [3.63, 3.8) is 0 Å². The average Bonchev–Trinajstić information content (AvgIpc) is 2.87. The predicted octanol–water partition coefficient (Wildman–Crippen LogP) is 1.03. The van der Waals surface area contributed by atoms with Gasteiger partial charge in [-0.1, -0.05) is 18.2 Å². The van der Waals surface area contributed by atoms with Crippen molar-refractivity contribution < 1.29 is 19.3 Å². The van der Waals surface area contributed by atoms with Crippen molar-refractivity contribution in [2.24, 2.45) is 0 Å². The summed E-state index contributed by atoms with van der Waals surface area (Å²) in [6, 6.07) is 7.26. The van der Waals surface area contributed by atoms with Gasteiger partial charge in [-0.3, -0.25) is 0 Å². The molecule has 3 rings (SSSR count). The number of hydrogen-bond donors (Lipinski definition) is 1. The van der Waals surface area contributed by atoms with Crippen molar-refractivity contribution in [2.75, 3.05) is 6.61 Å². The number of ether oxygens (including phenoxy) is 3. The molecular weight excluding hydrogens is 196 g/mol. The summed E-state index contributed by atoms with van der Waals surface area (Å²) in [4.78, 5) is 0. The van der Waals surface area contributed by atoms with E-state index in [1.165, 1.54) is 0 Å². The lowest BCUT2D eigenvalue weighted by molar-refractivity contribution is -0.201. The zero-order valence-corrected chi connectivity index (χ0v) is 8.13. The Morgan fingerprint density at radius 3 is 2.80 bits per heavy atom. The van der Waals surface area contributed by atoms with Crippen molar-refractivity contribution in [1.29, 1.82) is 0 Å². The largest absolute Gasteiger partial charge is 0.508 e. The lowest BCUT2D eigenvalue weighted by Crippen LogP contribution is -2.36. The van der Waals surface area contributed by atoms with Crippen LogP contribution >= 0.6 is 0 Å². The average molecular weight is 208 g/mol. The standard InChI is InChI=1S/C11H12O4/c12-8-4-2-1-3-7(8)5-6-13-10-9-11(14-9)15-10/h1-4,9-12H,5-6H2. The van der Waals surface area contributed by atoms with Gasteiger partial charge in [0.2, 0.25) is 0 Å². The number of rotatable bonds is 4. The number of benzene rings is 1. The first kappa shape index (κ1) is 9.15. The van der Waals surface area contributed by atoms with Gasteiger partial charge in [0.05, 0.1) is 6.61 Å². The molecule has 2 aliphatic rings. The normalized spacial score (nSPS) is 31.9. The van der Waals surface area contributed by atoms with Crippen LogP contribution in [-0.4, -0.2) is 30.4 Å². The molecule has 4 heteroatoms. The van der Waals surface area contributed by atoms with E-state index in [2.05, 4.69) is 0 Å². The van der Waals surface area contributed by atoms with Crippen LogP contribution < -0.4 is 0 Å². The van der Waals surface area contributed by atoms with Gasteiger partial charge in [-0.25, -0.2) is 0 Å². The Morgan fingerprint density at radius 2 is 2.13 bits per heavy atom.